The minimum atomic E-state index is -0.747. The van der Waals surface area contributed by atoms with Gasteiger partial charge in [0, 0.05) is 21.8 Å². The highest BCUT2D eigenvalue weighted by molar-refractivity contribution is 5.97. The number of benzene rings is 2. The Balaban J connectivity index is 1.59. The fraction of sp³-hybridized carbons (Fsp3) is 0.222. The maximum atomic E-state index is 10.3. The van der Waals surface area contributed by atoms with E-state index in [4.69, 9.17) is 10.7 Å². The summed E-state index contributed by atoms with van der Waals surface area (Å²) in [6.07, 6.45) is 6.17. The molecule has 0 amide bonds. The minimum Gasteiger partial charge on any atom is -0.359 e. The second kappa shape index (κ2) is 7.47. The SMILES string of the molecule is CC(O)n1nc[n+]2ccc3nc(-c4ccc(C5(N)CCC5)cc4)c(-c4ccccc4)cc3c12. The van der Waals surface area contributed by atoms with Gasteiger partial charge in [0.05, 0.1) is 22.8 Å². The fourth-order valence-electron chi connectivity index (χ4n) is 4.83. The highest BCUT2D eigenvalue weighted by Crippen LogP contribution is 2.40. The third-order valence-electron chi connectivity index (χ3n) is 6.87. The van der Waals surface area contributed by atoms with Gasteiger partial charge >= 0.3 is 0 Å². The molecular formula is C27H26N5O+. The van der Waals surface area contributed by atoms with Crippen molar-refractivity contribution in [2.75, 3.05) is 0 Å². The number of fused-ring (bicyclic) bond motifs is 3. The van der Waals surface area contributed by atoms with Gasteiger partial charge in [0.1, 0.15) is 0 Å². The lowest BCUT2D eigenvalue weighted by Gasteiger charge is -2.38. The highest BCUT2D eigenvalue weighted by atomic mass is 16.3. The molecule has 1 aliphatic carbocycles. The highest BCUT2D eigenvalue weighted by Gasteiger charge is 2.34. The number of rotatable bonds is 4. The Kier molecular flexibility index (Phi) is 4.54. The number of nitrogens with zero attached hydrogens (tertiary/aromatic N) is 4. The lowest BCUT2D eigenvalue weighted by molar-refractivity contribution is -0.511. The van der Waals surface area contributed by atoms with Gasteiger partial charge in [0.15, 0.2) is 0 Å². The van der Waals surface area contributed by atoms with E-state index >= 15 is 0 Å². The molecule has 6 nitrogen and oxygen atoms in total. The number of aliphatic hydroxyl groups excluding tert-OH is 1. The number of aromatic nitrogens is 4. The zero-order valence-corrected chi connectivity index (χ0v) is 18.5. The molecular weight excluding hydrogens is 410 g/mol. The number of hydrogen-bond donors (Lipinski definition) is 2. The lowest BCUT2D eigenvalue weighted by Crippen LogP contribution is -2.43. The normalized spacial score (nSPS) is 16.1. The second-order valence-electron chi connectivity index (χ2n) is 9.02. The van der Waals surface area contributed by atoms with Crippen molar-refractivity contribution in [3.8, 4) is 22.4 Å². The summed E-state index contributed by atoms with van der Waals surface area (Å²) in [5, 5.41) is 15.6. The molecule has 6 heteroatoms. The topological polar surface area (TPSA) is 81.1 Å². The molecule has 5 aromatic rings. The minimum absolute atomic E-state index is 0.181. The molecule has 0 aliphatic heterocycles. The average molecular weight is 437 g/mol. The van der Waals surface area contributed by atoms with E-state index in [0.717, 1.165) is 51.8 Å². The summed E-state index contributed by atoms with van der Waals surface area (Å²) in [6, 6.07) is 23.0. The summed E-state index contributed by atoms with van der Waals surface area (Å²) in [5.74, 6) is 0. The van der Waals surface area contributed by atoms with Gasteiger partial charge in [0.2, 0.25) is 6.23 Å². The molecule has 3 heterocycles. The van der Waals surface area contributed by atoms with Crippen LogP contribution in [-0.4, -0.2) is 19.9 Å². The summed E-state index contributed by atoms with van der Waals surface area (Å²) in [6.45, 7) is 1.71. The monoisotopic (exact) mass is 436 g/mol. The van der Waals surface area contributed by atoms with Crippen molar-refractivity contribution < 1.29 is 9.51 Å². The van der Waals surface area contributed by atoms with Crippen LogP contribution < -0.4 is 10.1 Å². The van der Waals surface area contributed by atoms with Crippen molar-refractivity contribution in [2.24, 2.45) is 5.73 Å². The van der Waals surface area contributed by atoms with Crippen LogP contribution in [0.1, 0.15) is 38.0 Å². The first-order chi connectivity index (χ1) is 16.0. The van der Waals surface area contributed by atoms with Gasteiger partial charge in [0.25, 0.3) is 12.0 Å². The average Bonchev–Trinajstić information content (AvgIpc) is 3.27. The number of aliphatic hydroxyl groups is 1. The van der Waals surface area contributed by atoms with Crippen molar-refractivity contribution >= 4 is 16.6 Å². The molecule has 1 fully saturated rings. The molecule has 0 spiro atoms. The van der Waals surface area contributed by atoms with E-state index in [2.05, 4.69) is 47.6 Å². The molecule has 1 atom stereocenters. The van der Waals surface area contributed by atoms with E-state index in [0.29, 0.717) is 0 Å². The van der Waals surface area contributed by atoms with Crippen LogP contribution >= 0.6 is 0 Å². The quantitative estimate of drug-likeness (QED) is 0.411. The van der Waals surface area contributed by atoms with Crippen LogP contribution in [0.15, 0.2) is 79.3 Å². The molecule has 1 saturated carbocycles. The summed E-state index contributed by atoms with van der Waals surface area (Å²) in [4.78, 5) is 5.11. The molecule has 0 bridgehead atoms. The number of nitrogens with two attached hydrogens (primary N) is 1. The summed E-state index contributed by atoms with van der Waals surface area (Å²) in [7, 11) is 0. The zero-order valence-electron chi connectivity index (χ0n) is 18.5. The Morgan fingerprint density at radius 1 is 1.03 bits per heavy atom. The summed E-state index contributed by atoms with van der Waals surface area (Å²) >= 11 is 0. The van der Waals surface area contributed by atoms with Crippen molar-refractivity contribution in [3.63, 3.8) is 0 Å². The van der Waals surface area contributed by atoms with Crippen molar-refractivity contribution in [1.82, 2.24) is 14.8 Å². The van der Waals surface area contributed by atoms with E-state index in [1.165, 1.54) is 12.0 Å². The van der Waals surface area contributed by atoms with Crippen molar-refractivity contribution in [2.45, 2.75) is 38.0 Å². The Morgan fingerprint density at radius 3 is 2.45 bits per heavy atom. The van der Waals surface area contributed by atoms with Gasteiger partial charge in [-0.3, -0.25) is 0 Å². The second-order valence-corrected chi connectivity index (χ2v) is 9.02. The van der Waals surface area contributed by atoms with Gasteiger partial charge in [-0.05, 0) is 49.4 Å². The van der Waals surface area contributed by atoms with E-state index in [1.54, 1.807) is 17.9 Å². The molecule has 6 rings (SSSR count). The van der Waals surface area contributed by atoms with Crippen LogP contribution in [-0.2, 0) is 5.54 Å². The van der Waals surface area contributed by atoms with Gasteiger partial charge in [-0.2, -0.15) is 0 Å². The zero-order chi connectivity index (χ0) is 22.6. The maximum absolute atomic E-state index is 10.3. The van der Waals surface area contributed by atoms with Crippen LogP contribution in [0.5, 0.6) is 0 Å². The maximum Gasteiger partial charge on any atom is 0.277 e. The first-order valence-corrected chi connectivity index (χ1v) is 11.4. The summed E-state index contributed by atoms with van der Waals surface area (Å²) < 4.78 is 3.53. The molecule has 3 N–H and O–H groups in total. The molecule has 33 heavy (non-hydrogen) atoms. The first kappa shape index (κ1) is 20.0. The smallest absolute Gasteiger partial charge is 0.277 e. The van der Waals surface area contributed by atoms with Gasteiger partial charge in [-0.25, -0.2) is 9.38 Å². The van der Waals surface area contributed by atoms with Crippen LogP contribution in [0.4, 0.5) is 0 Å². The molecule has 3 aromatic heterocycles. The van der Waals surface area contributed by atoms with Gasteiger partial charge in [-0.1, -0.05) is 59.3 Å². The van der Waals surface area contributed by atoms with Gasteiger partial charge < -0.3 is 10.8 Å². The van der Waals surface area contributed by atoms with Crippen LogP contribution in [0.2, 0.25) is 0 Å². The Bertz CT molecular complexity index is 1470. The third-order valence-corrected chi connectivity index (χ3v) is 6.87. The Labute approximate surface area is 192 Å². The van der Waals surface area contributed by atoms with Gasteiger partial charge in [-0.15, -0.1) is 0 Å². The molecule has 0 radical (unpaired) electrons. The predicted molar refractivity (Wildman–Crippen MR) is 128 cm³/mol. The Hall–Kier alpha value is -3.61. The van der Waals surface area contributed by atoms with E-state index in [-0.39, 0.29) is 5.54 Å². The largest absolute Gasteiger partial charge is 0.359 e. The van der Waals surface area contributed by atoms with Crippen molar-refractivity contribution in [1.29, 1.82) is 0 Å². The number of pyridine rings is 2. The van der Waals surface area contributed by atoms with Crippen LogP contribution in [0, 0.1) is 0 Å². The number of hydrogen-bond acceptors (Lipinski definition) is 4. The molecule has 2 aromatic carbocycles. The fourth-order valence-corrected chi connectivity index (χ4v) is 4.83. The third kappa shape index (κ3) is 3.22. The summed E-state index contributed by atoms with van der Waals surface area (Å²) in [5.41, 5.74) is 13.3. The lowest BCUT2D eigenvalue weighted by atomic mass is 9.72. The van der Waals surface area contributed by atoms with Crippen LogP contribution in [0.25, 0.3) is 38.9 Å². The molecule has 164 valence electrons. The van der Waals surface area contributed by atoms with E-state index < -0.39 is 6.23 Å². The van der Waals surface area contributed by atoms with E-state index in [9.17, 15) is 5.11 Å². The molecule has 0 saturated heterocycles. The van der Waals surface area contributed by atoms with Crippen molar-refractivity contribution in [3.05, 3.63) is 84.8 Å². The Morgan fingerprint density at radius 2 is 1.79 bits per heavy atom. The molecule has 1 unspecified atom stereocenters. The standard InChI is InChI=1S/C27H26N5O/c1-18(33)32-26-23-16-22(19-6-3-2-4-7-19)25(30-24(23)12-15-31(26)17-29-32)20-8-10-21(11-9-20)27(28)13-5-14-27/h2-4,6-12,15-18,33H,5,13-14,28H2,1H3/q+1. The predicted octanol–water partition coefficient (Wildman–Crippen LogP) is 4.35. The molecule has 1 aliphatic rings. The van der Waals surface area contributed by atoms with Crippen LogP contribution in [0.3, 0.4) is 0 Å². The first-order valence-electron chi connectivity index (χ1n) is 11.4. The van der Waals surface area contributed by atoms with E-state index in [1.807, 2.05) is 34.9 Å².